The molecule has 0 aliphatic heterocycles. The first-order chi connectivity index (χ1) is 9.30. The third-order valence-electron chi connectivity index (χ3n) is 1.50. The summed E-state index contributed by atoms with van der Waals surface area (Å²) in [5.74, 6) is 0. The van der Waals surface area contributed by atoms with E-state index in [-0.39, 0.29) is 52.6 Å². The van der Waals surface area contributed by atoms with Gasteiger partial charge in [0.05, 0.1) is 0 Å². The number of rotatable bonds is 0. The molecule has 0 aromatic rings. The number of allylic oxidation sites excluding steroid dienone is 4. The predicted molar refractivity (Wildman–Crippen MR) is 110 cm³/mol. The molecule has 0 unspecified atom stereocenters. The molecule has 1 rings (SSSR count). The number of hydrogen-bond acceptors (Lipinski definition) is 0. The molecule has 0 spiro atoms. The van der Waals surface area contributed by atoms with Crippen molar-refractivity contribution >= 4 is 26.4 Å². The second-order valence-electron chi connectivity index (χ2n) is 7.95. The van der Waals surface area contributed by atoms with Crippen LogP contribution in [0.1, 0.15) is 27.2 Å². The monoisotopic (exact) mass is 430 g/mol. The molecule has 129 valence electrons. The van der Waals surface area contributed by atoms with Gasteiger partial charge in [-0.25, -0.2) is 11.6 Å². The second-order valence-corrected chi connectivity index (χ2v) is 16.9. The largest absolute Gasteiger partial charge is 0.269 e. The Hall–Kier alpha value is 1.01. The maximum atomic E-state index is 3.30. The zero-order valence-corrected chi connectivity index (χ0v) is 22.8. The smallest absolute Gasteiger partial charge is 0.0379 e. The van der Waals surface area contributed by atoms with Gasteiger partial charge in [0.1, 0.15) is 0 Å². The van der Waals surface area contributed by atoms with Crippen LogP contribution in [0.4, 0.5) is 0 Å². The Balaban J connectivity index is -0.000000107. The average molecular weight is 432 g/mol. The van der Waals surface area contributed by atoms with E-state index in [0.717, 1.165) is 6.42 Å². The molecule has 0 atom stereocenters. The molecule has 0 amide bonds. The van der Waals surface area contributed by atoms with Crippen LogP contribution < -0.4 is 0 Å². The van der Waals surface area contributed by atoms with E-state index in [9.17, 15) is 0 Å². The van der Waals surface area contributed by atoms with E-state index < -0.39 is 0 Å². The van der Waals surface area contributed by atoms with Crippen LogP contribution in [0.2, 0.25) is 58.9 Å². The Labute approximate surface area is 167 Å². The molecule has 1 aliphatic carbocycles. The van der Waals surface area contributed by atoms with Gasteiger partial charge in [0.2, 0.25) is 0 Å². The van der Waals surface area contributed by atoms with Crippen LogP contribution in [-0.2, 0) is 26.2 Å². The van der Waals surface area contributed by atoms with Crippen LogP contribution in [0, 0.1) is 11.5 Å². The van der Waals surface area contributed by atoms with Crippen LogP contribution in [0.3, 0.4) is 0 Å². The minimum absolute atomic E-state index is 0. The van der Waals surface area contributed by atoms with Gasteiger partial charge in [-0.2, -0.15) is 6.08 Å². The zero-order chi connectivity index (χ0) is 17.6. The fraction of sp³-hybridized carbons (Fsp3) is 0.778. The van der Waals surface area contributed by atoms with Gasteiger partial charge in [0, 0.05) is 52.6 Å². The van der Waals surface area contributed by atoms with Gasteiger partial charge in [-0.3, -0.25) is 6.08 Å². The molecule has 0 saturated carbocycles. The summed E-state index contributed by atoms with van der Waals surface area (Å²) >= 11 is 0. The molecule has 0 nitrogen and oxygen atoms in total. The zero-order valence-electron chi connectivity index (χ0n) is 17.4. The Morgan fingerprint density at radius 1 is 0.773 bits per heavy atom. The first kappa shape index (κ1) is 30.8. The molecule has 0 N–H and O–H groups in total. The summed E-state index contributed by atoms with van der Waals surface area (Å²) in [5, 5.41) is 0. The number of hydrogen-bond donors (Lipinski definition) is 0. The first-order valence-electron chi connectivity index (χ1n) is 7.88. The van der Waals surface area contributed by atoms with Crippen molar-refractivity contribution in [3.8, 4) is 0 Å². The van der Waals surface area contributed by atoms with E-state index in [4.69, 9.17) is 0 Å². The summed E-state index contributed by atoms with van der Waals surface area (Å²) < 4.78 is 0. The predicted octanol–water partition coefficient (Wildman–Crippen LogP) is 6.83. The Bertz CT molecular complexity index is 252. The fourth-order valence-electron chi connectivity index (χ4n) is 0.920. The van der Waals surface area contributed by atoms with Gasteiger partial charge in [-0.15, -0.1) is 6.42 Å². The summed E-state index contributed by atoms with van der Waals surface area (Å²) in [6.45, 7) is 27.1. The summed E-state index contributed by atoms with van der Waals surface area (Å²) in [6, 6.07) is 0. The van der Waals surface area contributed by atoms with Crippen molar-refractivity contribution < 1.29 is 26.2 Å². The molecule has 0 fully saturated rings. The fourth-order valence-corrected chi connectivity index (χ4v) is 0.920. The third-order valence-corrected chi connectivity index (χ3v) is 1.50. The minimum Gasteiger partial charge on any atom is -0.269 e. The van der Waals surface area contributed by atoms with E-state index in [0.29, 0.717) is 5.41 Å². The maximum absolute atomic E-state index is 3.30. The van der Waals surface area contributed by atoms with Crippen molar-refractivity contribution in [3.63, 3.8) is 0 Å². The Morgan fingerprint density at radius 2 is 1.05 bits per heavy atom. The quantitative estimate of drug-likeness (QED) is 0.291. The van der Waals surface area contributed by atoms with Crippen molar-refractivity contribution in [2.24, 2.45) is 5.41 Å². The second kappa shape index (κ2) is 18.4. The third kappa shape index (κ3) is 42.9. The van der Waals surface area contributed by atoms with E-state index in [2.05, 4.69) is 97.9 Å². The summed E-state index contributed by atoms with van der Waals surface area (Å²) in [7, 11) is 0.361. The molecular weight excluding hydrogens is 392 g/mol. The molecule has 0 aromatic carbocycles. The molecule has 0 heterocycles. The SMILES string of the molecule is CC(C)(C)C1=[C-]CC=C1.C[Si](C)C.C[Si](C)C.C[Si](C)C.[Zr]. The van der Waals surface area contributed by atoms with E-state index >= 15 is 0 Å². The van der Waals surface area contributed by atoms with Crippen LogP contribution in [0.25, 0.3) is 0 Å². The molecule has 0 aromatic heterocycles. The van der Waals surface area contributed by atoms with Crippen molar-refractivity contribution in [3.05, 3.63) is 23.8 Å². The van der Waals surface area contributed by atoms with E-state index in [1.807, 2.05) is 0 Å². The maximum Gasteiger partial charge on any atom is 0.0379 e. The topological polar surface area (TPSA) is 0 Å². The van der Waals surface area contributed by atoms with Gasteiger partial charge >= 0.3 is 0 Å². The van der Waals surface area contributed by atoms with Crippen LogP contribution in [-0.4, -0.2) is 26.4 Å². The molecule has 22 heavy (non-hydrogen) atoms. The van der Waals surface area contributed by atoms with Crippen molar-refractivity contribution in [2.75, 3.05) is 0 Å². The Morgan fingerprint density at radius 3 is 1.14 bits per heavy atom. The summed E-state index contributed by atoms with van der Waals surface area (Å²) in [5.41, 5.74) is 1.65. The van der Waals surface area contributed by atoms with Gasteiger partial charge in [-0.1, -0.05) is 79.7 Å². The molecule has 0 saturated heterocycles. The standard InChI is InChI=1S/C9H13.3C3H9Si.Zr/c1-9(2,3)8-6-4-5-7-8;3*1-4(2)3;/h4,6H,5H2,1-3H3;3*1-3H3;/q-1;;;;. The van der Waals surface area contributed by atoms with Gasteiger partial charge < -0.3 is 0 Å². The molecule has 3 radical (unpaired) electrons. The summed E-state index contributed by atoms with van der Waals surface area (Å²) in [4.78, 5) is 0. The summed E-state index contributed by atoms with van der Waals surface area (Å²) in [6.07, 6.45) is 8.63. The van der Waals surface area contributed by atoms with E-state index in [1.165, 1.54) is 5.57 Å². The average Bonchev–Trinajstić information content (AvgIpc) is 2.64. The van der Waals surface area contributed by atoms with Crippen molar-refractivity contribution in [2.45, 2.75) is 86.1 Å². The molecular formula is C18H40Si3Zr-. The van der Waals surface area contributed by atoms with Gasteiger partial charge in [0.25, 0.3) is 0 Å². The minimum atomic E-state index is 0. The molecule has 1 aliphatic rings. The molecule has 4 heteroatoms. The van der Waals surface area contributed by atoms with E-state index in [1.54, 1.807) is 0 Å². The molecule has 0 bridgehead atoms. The Kier molecular flexibility index (Phi) is 25.7. The van der Waals surface area contributed by atoms with Crippen LogP contribution in [0.15, 0.2) is 17.7 Å². The van der Waals surface area contributed by atoms with Crippen molar-refractivity contribution in [1.29, 1.82) is 0 Å². The normalized spacial score (nSPS) is 12.4. The van der Waals surface area contributed by atoms with Gasteiger partial charge in [0.15, 0.2) is 0 Å². The van der Waals surface area contributed by atoms with Crippen LogP contribution in [0.5, 0.6) is 0 Å². The van der Waals surface area contributed by atoms with Gasteiger partial charge in [-0.05, 0) is 5.41 Å². The van der Waals surface area contributed by atoms with Crippen molar-refractivity contribution in [1.82, 2.24) is 0 Å². The van der Waals surface area contributed by atoms with Crippen LogP contribution >= 0.6 is 0 Å². The first-order valence-corrected chi connectivity index (χ1v) is 16.9.